The molecule has 1 aliphatic heterocycles. The average Bonchev–Trinajstić information content (AvgIpc) is 3.14. The highest BCUT2D eigenvalue weighted by molar-refractivity contribution is 5.84. The summed E-state index contributed by atoms with van der Waals surface area (Å²) >= 11 is 0. The Morgan fingerprint density at radius 2 is 2.00 bits per heavy atom. The normalized spacial score (nSPS) is 17.9. The van der Waals surface area contributed by atoms with Crippen molar-refractivity contribution >= 4 is 17.5 Å². The van der Waals surface area contributed by atoms with Crippen molar-refractivity contribution in [2.75, 3.05) is 13.7 Å². The number of methoxy groups -OCH3 is 1. The van der Waals surface area contributed by atoms with Crippen molar-refractivity contribution in [3.05, 3.63) is 35.9 Å². The maximum atomic E-state index is 12.1. The zero-order valence-electron chi connectivity index (χ0n) is 14.6. The summed E-state index contributed by atoms with van der Waals surface area (Å²) in [7, 11) is 1.63. The molecule has 0 atom stereocenters. The van der Waals surface area contributed by atoms with E-state index in [1.807, 2.05) is 30.3 Å². The number of ether oxygens (including phenoxy) is 1. The molecule has 0 saturated heterocycles. The van der Waals surface area contributed by atoms with E-state index in [0.717, 1.165) is 29.9 Å². The number of nitrogens with one attached hydrogen (secondary N) is 2. The Labute approximate surface area is 148 Å². The van der Waals surface area contributed by atoms with E-state index in [9.17, 15) is 9.59 Å². The van der Waals surface area contributed by atoms with Crippen LogP contribution in [0.15, 0.2) is 30.3 Å². The Hall–Kier alpha value is -2.50. The fourth-order valence-corrected chi connectivity index (χ4v) is 3.27. The van der Waals surface area contributed by atoms with E-state index in [1.165, 1.54) is 17.9 Å². The van der Waals surface area contributed by atoms with Gasteiger partial charge in [-0.15, -0.1) is 0 Å². The fraction of sp³-hybridized carbons (Fsp3) is 0.474. The highest BCUT2D eigenvalue weighted by Crippen LogP contribution is 2.21. The Balaban J connectivity index is 1.54. The van der Waals surface area contributed by atoms with Gasteiger partial charge in [-0.1, -0.05) is 12.8 Å². The van der Waals surface area contributed by atoms with Crippen LogP contribution in [-0.4, -0.2) is 36.5 Å². The van der Waals surface area contributed by atoms with Crippen LogP contribution in [0.5, 0.6) is 5.75 Å². The summed E-state index contributed by atoms with van der Waals surface area (Å²) in [5, 5.41) is 4.59. The summed E-state index contributed by atoms with van der Waals surface area (Å²) in [6.07, 6.45) is 7.03. The molecule has 2 aliphatic rings. The van der Waals surface area contributed by atoms with Gasteiger partial charge in [-0.05, 0) is 48.7 Å². The molecule has 0 unspecified atom stereocenters. The maximum Gasteiger partial charge on any atom is 0.244 e. The first-order chi connectivity index (χ1) is 12.2. The lowest BCUT2D eigenvalue weighted by Crippen LogP contribution is -2.46. The van der Waals surface area contributed by atoms with Gasteiger partial charge in [-0.25, -0.2) is 0 Å². The van der Waals surface area contributed by atoms with E-state index in [-0.39, 0.29) is 11.8 Å². The number of amides is 2. The van der Waals surface area contributed by atoms with Crippen LogP contribution in [0.2, 0.25) is 0 Å². The van der Waals surface area contributed by atoms with Crippen molar-refractivity contribution in [3.63, 3.8) is 0 Å². The fourth-order valence-electron chi connectivity index (χ4n) is 3.27. The first-order valence-electron chi connectivity index (χ1n) is 8.86. The molecule has 1 fully saturated rings. The third-order valence-electron chi connectivity index (χ3n) is 4.72. The van der Waals surface area contributed by atoms with Crippen LogP contribution >= 0.6 is 0 Å². The topological polar surface area (TPSA) is 70.7 Å². The molecule has 6 nitrogen and oxygen atoms in total. The van der Waals surface area contributed by atoms with Gasteiger partial charge in [-0.2, -0.15) is 0 Å². The lowest BCUT2D eigenvalue weighted by Gasteiger charge is -2.29. The van der Waals surface area contributed by atoms with Crippen molar-refractivity contribution in [3.8, 4) is 5.75 Å². The Bertz CT molecular complexity index is 648. The highest BCUT2D eigenvalue weighted by Gasteiger charge is 2.22. The van der Waals surface area contributed by atoms with E-state index >= 15 is 0 Å². The molecule has 1 aromatic carbocycles. The maximum absolute atomic E-state index is 12.1. The summed E-state index contributed by atoms with van der Waals surface area (Å²) in [5.74, 6) is 0.782. The van der Waals surface area contributed by atoms with E-state index in [0.29, 0.717) is 25.4 Å². The molecule has 0 spiro atoms. The van der Waals surface area contributed by atoms with Gasteiger partial charge in [-0.3, -0.25) is 20.0 Å². The van der Waals surface area contributed by atoms with Crippen molar-refractivity contribution in [1.82, 2.24) is 15.8 Å². The zero-order chi connectivity index (χ0) is 17.6. The molecule has 0 aromatic heterocycles. The van der Waals surface area contributed by atoms with Crippen LogP contribution in [0, 0.1) is 0 Å². The number of nitrogens with zero attached hydrogens (tertiary/aromatic N) is 1. The van der Waals surface area contributed by atoms with Gasteiger partial charge < -0.3 is 10.1 Å². The van der Waals surface area contributed by atoms with Crippen LogP contribution < -0.4 is 15.5 Å². The quantitative estimate of drug-likeness (QED) is 0.831. The molecule has 2 amide bonds. The third-order valence-corrected chi connectivity index (χ3v) is 4.72. The predicted molar refractivity (Wildman–Crippen MR) is 95.5 cm³/mol. The van der Waals surface area contributed by atoms with Gasteiger partial charge in [0.1, 0.15) is 5.75 Å². The monoisotopic (exact) mass is 343 g/mol. The smallest absolute Gasteiger partial charge is 0.244 e. The minimum absolute atomic E-state index is 0.0158. The second-order valence-corrected chi connectivity index (χ2v) is 6.51. The molecule has 25 heavy (non-hydrogen) atoms. The molecule has 1 aromatic rings. The number of benzene rings is 1. The third kappa shape index (κ3) is 4.53. The summed E-state index contributed by atoms with van der Waals surface area (Å²) in [5.41, 5.74) is 4.98. The van der Waals surface area contributed by atoms with Gasteiger partial charge in [0.2, 0.25) is 11.8 Å². The Kier molecular flexibility index (Phi) is 5.58. The van der Waals surface area contributed by atoms with Crippen molar-refractivity contribution < 1.29 is 14.3 Å². The number of carbonyl (C=O) groups excluding carboxylic acids is 2. The van der Waals surface area contributed by atoms with Gasteiger partial charge in [0, 0.05) is 18.9 Å². The summed E-state index contributed by atoms with van der Waals surface area (Å²) in [4.78, 5) is 24.2. The van der Waals surface area contributed by atoms with Gasteiger partial charge in [0.05, 0.1) is 19.4 Å². The van der Waals surface area contributed by atoms with Crippen LogP contribution in [0.3, 0.4) is 0 Å². The largest absolute Gasteiger partial charge is 0.497 e. The average molecular weight is 343 g/mol. The molecule has 1 saturated carbocycles. The van der Waals surface area contributed by atoms with Gasteiger partial charge in [0.25, 0.3) is 0 Å². The number of hydrogen-bond donors (Lipinski definition) is 2. The Morgan fingerprint density at radius 1 is 1.28 bits per heavy atom. The minimum Gasteiger partial charge on any atom is -0.497 e. The summed E-state index contributed by atoms with van der Waals surface area (Å²) in [6, 6.07) is 7.96. The van der Waals surface area contributed by atoms with E-state index in [4.69, 9.17) is 4.74 Å². The van der Waals surface area contributed by atoms with E-state index < -0.39 is 0 Å². The second-order valence-electron chi connectivity index (χ2n) is 6.51. The van der Waals surface area contributed by atoms with Gasteiger partial charge in [0.15, 0.2) is 0 Å². The molecular formula is C19H25N3O3. The lowest BCUT2D eigenvalue weighted by atomic mass is 10.1. The number of hydrogen-bond acceptors (Lipinski definition) is 4. The van der Waals surface area contributed by atoms with E-state index in [1.54, 1.807) is 7.11 Å². The molecular weight excluding hydrogens is 318 g/mol. The van der Waals surface area contributed by atoms with Crippen LogP contribution in [-0.2, 0) is 9.59 Å². The van der Waals surface area contributed by atoms with Crippen LogP contribution in [0.1, 0.15) is 44.1 Å². The highest BCUT2D eigenvalue weighted by atomic mass is 16.5. The molecule has 0 radical (unpaired) electrons. The predicted octanol–water partition coefficient (Wildman–Crippen LogP) is 2.22. The Morgan fingerprint density at radius 3 is 2.68 bits per heavy atom. The van der Waals surface area contributed by atoms with Crippen molar-refractivity contribution in [1.29, 1.82) is 0 Å². The number of hydrazine groups is 1. The summed E-state index contributed by atoms with van der Waals surface area (Å²) < 4.78 is 5.17. The van der Waals surface area contributed by atoms with Crippen LogP contribution in [0.4, 0.5) is 0 Å². The molecule has 2 N–H and O–H groups in total. The lowest BCUT2D eigenvalue weighted by molar-refractivity contribution is -0.133. The summed E-state index contributed by atoms with van der Waals surface area (Å²) in [6.45, 7) is 0.366. The van der Waals surface area contributed by atoms with Crippen LogP contribution in [0.25, 0.3) is 5.70 Å². The first kappa shape index (κ1) is 17.3. The SMILES string of the molecule is COc1ccc(C2=CCC(=O)N(CCC(=O)NC3CCCC3)N2)cc1. The molecule has 6 heteroatoms. The molecule has 1 heterocycles. The number of rotatable bonds is 6. The second kappa shape index (κ2) is 8.05. The van der Waals surface area contributed by atoms with Gasteiger partial charge >= 0.3 is 0 Å². The minimum atomic E-state index is -0.0223. The molecule has 134 valence electrons. The van der Waals surface area contributed by atoms with Crippen molar-refractivity contribution in [2.45, 2.75) is 44.6 Å². The molecule has 3 rings (SSSR count). The molecule has 1 aliphatic carbocycles. The molecule has 0 bridgehead atoms. The zero-order valence-corrected chi connectivity index (χ0v) is 14.6. The van der Waals surface area contributed by atoms with E-state index in [2.05, 4.69) is 10.7 Å². The number of carbonyl (C=O) groups is 2. The van der Waals surface area contributed by atoms with Crippen molar-refractivity contribution in [2.24, 2.45) is 0 Å². The standard InChI is InChI=1S/C19H25N3O3/c1-25-16-8-6-14(7-9-16)17-10-11-19(24)22(21-17)13-12-18(23)20-15-4-2-3-5-15/h6-10,15,21H,2-5,11-13H2,1H3,(H,20,23). The first-order valence-corrected chi connectivity index (χ1v) is 8.86.